The largest absolute Gasteiger partial charge is 0.357 e. The highest BCUT2D eigenvalue weighted by molar-refractivity contribution is 7.89. The molecule has 1 aliphatic rings. The standard InChI is InChI=1S/C23H24ClN3O4S/c1-23(2,3)22(29)27-9-8-15-16-10-13(5-7-18(16)26-19(15)12-27)21(28)14-4-6-17(24)20(11-14)32(25,30)31/h4-7,10-11,26H,8-9,12H2,1-3H3,(H2,25,30,31). The lowest BCUT2D eigenvalue weighted by Gasteiger charge is -2.32. The number of nitrogens with two attached hydrogens (primary N) is 1. The smallest absolute Gasteiger partial charge is 0.239 e. The Morgan fingerprint density at radius 2 is 1.75 bits per heavy atom. The number of H-pyrrole nitrogens is 1. The number of fused-ring (bicyclic) bond motifs is 3. The monoisotopic (exact) mass is 473 g/mol. The number of ketones is 1. The van der Waals surface area contributed by atoms with Crippen LogP contribution in [0.1, 0.15) is 48.0 Å². The minimum Gasteiger partial charge on any atom is -0.357 e. The van der Waals surface area contributed by atoms with Crippen molar-refractivity contribution in [2.75, 3.05) is 6.54 Å². The lowest BCUT2D eigenvalue weighted by molar-refractivity contribution is -0.140. The minimum absolute atomic E-state index is 0.0337. The number of amides is 1. The molecule has 3 aromatic rings. The van der Waals surface area contributed by atoms with Gasteiger partial charge in [0.25, 0.3) is 0 Å². The van der Waals surface area contributed by atoms with Crippen LogP contribution in [0.15, 0.2) is 41.3 Å². The van der Waals surface area contributed by atoms with Gasteiger partial charge in [0, 0.05) is 39.7 Å². The lowest BCUT2D eigenvalue weighted by atomic mass is 9.93. The highest BCUT2D eigenvalue weighted by Gasteiger charge is 2.31. The van der Waals surface area contributed by atoms with Gasteiger partial charge in [-0.15, -0.1) is 0 Å². The second-order valence-corrected chi connectivity index (χ2v) is 11.0. The highest BCUT2D eigenvalue weighted by Crippen LogP contribution is 2.31. The van der Waals surface area contributed by atoms with E-state index in [0.29, 0.717) is 25.1 Å². The van der Waals surface area contributed by atoms with Crippen molar-refractivity contribution in [2.24, 2.45) is 10.6 Å². The van der Waals surface area contributed by atoms with Crippen LogP contribution < -0.4 is 5.14 Å². The number of nitrogens with one attached hydrogen (secondary N) is 1. The van der Waals surface area contributed by atoms with Gasteiger partial charge in [-0.1, -0.05) is 32.4 Å². The molecule has 0 atom stereocenters. The van der Waals surface area contributed by atoms with Gasteiger partial charge in [0.2, 0.25) is 15.9 Å². The Hall–Kier alpha value is -2.68. The molecule has 32 heavy (non-hydrogen) atoms. The number of carbonyl (C=O) groups is 2. The molecular formula is C23H24ClN3O4S. The van der Waals surface area contributed by atoms with Gasteiger partial charge >= 0.3 is 0 Å². The Balaban J connectivity index is 1.69. The maximum Gasteiger partial charge on any atom is 0.239 e. The fraction of sp³-hybridized carbons (Fsp3) is 0.304. The SMILES string of the molecule is CC(C)(C)C(=O)N1CCc2c([nH]c3ccc(C(=O)c4ccc(Cl)c(S(N)(=O)=O)c4)cc23)C1. The molecule has 2 aromatic carbocycles. The van der Waals surface area contributed by atoms with E-state index in [1.807, 2.05) is 31.7 Å². The van der Waals surface area contributed by atoms with E-state index in [9.17, 15) is 18.0 Å². The molecule has 0 aliphatic carbocycles. The molecule has 0 fully saturated rings. The van der Waals surface area contributed by atoms with Crippen molar-refractivity contribution >= 4 is 44.2 Å². The van der Waals surface area contributed by atoms with E-state index in [0.717, 1.165) is 22.2 Å². The zero-order valence-corrected chi connectivity index (χ0v) is 19.6. The van der Waals surface area contributed by atoms with Gasteiger partial charge in [-0.05, 0) is 48.4 Å². The normalized spacial score (nSPS) is 14.5. The maximum absolute atomic E-state index is 13.1. The van der Waals surface area contributed by atoms with Crippen molar-refractivity contribution in [3.63, 3.8) is 0 Å². The van der Waals surface area contributed by atoms with Crippen LogP contribution in [0.25, 0.3) is 10.9 Å². The number of carbonyl (C=O) groups excluding carboxylic acids is 2. The number of sulfonamides is 1. The first-order valence-electron chi connectivity index (χ1n) is 10.2. The molecule has 0 bridgehead atoms. The van der Waals surface area contributed by atoms with Gasteiger partial charge in [-0.2, -0.15) is 0 Å². The van der Waals surface area contributed by atoms with Gasteiger partial charge in [0.1, 0.15) is 4.90 Å². The van der Waals surface area contributed by atoms with E-state index < -0.39 is 15.4 Å². The summed E-state index contributed by atoms with van der Waals surface area (Å²) in [4.78, 5) is 30.7. The van der Waals surface area contributed by atoms with Gasteiger partial charge in [0.05, 0.1) is 11.6 Å². The van der Waals surface area contributed by atoms with Gasteiger partial charge < -0.3 is 9.88 Å². The summed E-state index contributed by atoms with van der Waals surface area (Å²) in [5.41, 5.74) is 3.11. The summed E-state index contributed by atoms with van der Waals surface area (Å²) in [7, 11) is -4.05. The predicted molar refractivity (Wildman–Crippen MR) is 123 cm³/mol. The zero-order chi connectivity index (χ0) is 23.4. The molecule has 1 amide bonds. The summed E-state index contributed by atoms with van der Waals surface area (Å²) in [5, 5.41) is 6.10. The third-order valence-electron chi connectivity index (χ3n) is 5.67. The molecular weight excluding hydrogens is 450 g/mol. The molecule has 7 nitrogen and oxygen atoms in total. The average molecular weight is 474 g/mol. The quantitative estimate of drug-likeness (QED) is 0.565. The van der Waals surface area contributed by atoms with Crippen molar-refractivity contribution in [2.45, 2.75) is 38.6 Å². The van der Waals surface area contributed by atoms with E-state index in [2.05, 4.69) is 4.98 Å². The molecule has 3 N–H and O–H groups in total. The molecule has 1 aromatic heterocycles. The van der Waals surface area contributed by atoms with E-state index in [1.54, 1.807) is 12.1 Å². The summed E-state index contributed by atoms with van der Waals surface area (Å²) in [6, 6.07) is 9.35. The molecule has 0 spiro atoms. The number of rotatable bonds is 3. The molecule has 2 heterocycles. The van der Waals surface area contributed by atoms with Crippen LogP contribution in [0.5, 0.6) is 0 Å². The Labute approximate surface area is 191 Å². The average Bonchev–Trinajstić information content (AvgIpc) is 3.08. The second kappa shape index (κ2) is 7.72. The van der Waals surface area contributed by atoms with Crippen LogP contribution in [0.3, 0.4) is 0 Å². The molecule has 0 unspecified atom stereocenters. The molecule has 168 valence electrons. The Bertz CT molecular complexity index is 1370. The number of hydrogen-bond donors (Lipinski definition) is 2. The first-order chi connectivity index (χ1) is 14.9. The lowest BCUT2D eigenvalue weighted by Crippen LogP contribution is -2.42. The summed E-state index contributed by atoms with van der Waals surface area (Å²) in [6.45, 7) is 6.84. The van der Waals surface area contributed by atoms with Crippen molar-refractivity contribution in [1.82, 2.24) is 9.88 Å². The summed E-state index contributed by atoms with van der Waals surface area (Å²) in [5.74, 6) is -0.227. The zero-order valence-electron chi connectivity index (χ0n) is 18.0. The highest BCUT2D eigenvalue weighted by atomic mass is 35.5. The second-order valence-electron chi connectivity index (χ2n) is 9.09. The Morgan fingerprint density at radius 1 is 1.09 bits per heavy atom. The fourth-order valence-electron chi connectivity index (χ4n) is 4.06. The molecule has 9 heteroatoms. The number of halogens is 1. The molecule has 0 radical (unpaired) electrons. The van der Waals surface area contributed by atoms with Crippen molar-refractivity contribution in [3.05, 3.63) is 63.8 Å². The molecule has 4 rings (SSSR count). The van der Waals surface area contributed by atoms with Crippen LogP contribution in [0.2, 0.25) is 5.02 Å². The number of nitrogens with zero attached hydrogens (tertiary/aromatic N) is 1. The molecule has 1 aliphatic heterocycles. The first kappa shape index (κ1) is 22.5. The Morgan fingerprint density at radius 3 is 2.41 bits per heavy atom. The van der Waals surface area contributed by atoms with E-state index in [4.69, 9.17) is 16.7 Å². The van der Waals surface area contributed by atoms with E-state index in [-0.39, 0.29) is 27.2 Å². The number of aromatic nitrogens is 1. The van der Waals surface area contributed by atoms with Crippen molar-refractivity contribution < 1.29 is 18.0 Å². The van der Waals surface area contributed by atoms with Crippen LogP contribution in [0, 0.1) is 5.41 Å². The van der Waals surface area contributed by atoms with Crippen LogP contribution in [-0.4, -0.2) is 36.5 Å². The number of benzene rings is 2. The molecule has 0 saturated carbocycles. The number of aromatic amines is 1. The number of primary sulfonamides is 1. The predicted octanol–water partition coefficient (Wildman–Crippen LogP) is 3.63. The van der Waals surface area contributed by atoms with Crippen LogP contribution in [-0.2, 0) is 27.8 Å². The van der Waals surface area contributed by atoms with E-state index in [1.165, 1.54) is 18.2 Å². The van der Waals surface area contributed by atoms with Crippen LogP contribution in [0.4, 0.5) is 0 Å². The van der Waals surface area contributed by atoms with Crippen molar-refractivity contribution in [3.8, 4) is 0 Å². The summed E-state index contributed by atoms with van der Waals surface area (Å²) in [6.07, 6.45) is 0.686. The first-order valence-corrected chi connectivity index (χ1v) is 12.1. The maximum atomic E-state index is 13.1. The van der Waals surface area contributed by atoms with Crippen LogP contribution >= 0.6 is 11.6 Å². The summed E-state index contributed by atoms with van der Waals surface area (Å²) >= 11 is 5.93. The fourth-order valence-corrected chi connectivity index (χ4v) is 5.13. The van der Waals surface area contributed by atoms with Gasteiger partial charge in [-0.3, -0.25) is 9.59 Å². The van der Waals surface area contributed by atoms with Gasteiger partial charge in [0.15, 0.2) is 5.78 Å². The van der Waals surface area contributed by atoms with E-state index >= 15 is 0 Å². The van der Waals surface area contributed by atoms with Crippen molar-refractivity contribution in [1.29, 1.82) is 0 Å². The third-order valence-corrected chi connectivity index (χ3v) is 7.06. The number of hydrogen-bond acceptors (Lipinski definition) is 4. The van der Waals surface area contributed by atoms with Gasteiger partial charge in [-0.25, -0.2) is 13.6 Å². The molecule has 0 saturated heterocycles. The topological polar surface area (TPSA) is 113 Å². The summed E-state index contributed by atoms with van der Waals surface area (Å²) < 4.78 is 23.5. The Kier molecular flexibility index (Phi) is 5.43. The third kappa shape index (κ3) is 4.05. The minimum atomic E-state index is -4.05.